The Morgan fingerprint density at radius 1 is 1.22 bits per heavy atom. The van der Waals surface area contributed by atoms with E-state index < -0.39 is 0 Å². The van der Waals surface area contributed by atoms with Gasteiger partial charge in [0.05, 0.1) is 0 Å². The van der Waals surface area contributed by atoms with Gasteiger partial charge in [-0.15, -0.1) is 18.9 Å². The van der Waals surface area contributed by atoms with E-state index in [0.29, 0.717) is 0 Å². The van der Waals surface area contributed by atoms with Crippen molar-refractivity contribution in [3.8, 4) is 12.3 Å². The first kappa shape index (κ1) is 26.4. The fourth-order valence-electron chi connectivity index (χ4n) is 1.99. The number of hydrogen-bond donors (Lipinski definition) is 0. The zero-order chi connectivity index (χ0) is 18.7. The Morgan fingerprint density at radius 2 is 1.57 bits per heavy atom. The topological polar surface area (TPSA) is 12.4 Å². The van der Waals surface area contributed by atoms with Crippen LogP contribution in [-0.4, -0.2) is 6.72 Å². The Hall–Kier alpha value is -1.55. The highest BCUT2D eigenvalue weighted by Crippen LogP contribution is 2.32. The van der Waals surface area contributed by atoms with Crippen LogP contribution in [0.5, 0.6) is 0 Å². The van der Waals surface area contributed by atoms with Gasteiger partial charge in [0.1, 0.15) is 0 Å². The smallest absolute Gasteiger partial charge is 0.0293 e. The molecule has 0 unspecified atom stereocenters. The zero-order valence-corrected chi connectivity index (χ0v) is 16.5. The monoisotopic (exact) mass is 317 g/mol. The lowest BCUT2D eigenvalue weighted by molar-refractivity contribution is 0.631. The highest BCUT2D eigenvalue weighted by atomic mass is 14.7. The van der Waals surface area contributed by atoms with Crippen LogP contribution in [0.1, 0.15) is 80.1 Å². The minimum absolute atomic E-state index is 0.769. The van der Waals surface area contributed by atoms with Crippen LogP contribution in [0.15, 0.2) is 41.1 Å². The van der Waals surface area contributed by atoms with Crippen molar-refractivity contribution < 1.29 is 0 Å². The van der Waals surface area contributed by atoms with Crippen molar-refractivity contribution in [1.29, 1.82) is 0 Å². The lowest BCUT2D eigenvalue weighted by Gasteiger charge is -2.12. The minimum atomic E-state index is 0.769. The summed E-state index contributed by atoms with van der Waals surface area (Å²) < 4.78 is 0. The van der Waals surface area contributed by atoms with Crippen LogP contribution in [0.25, 0.3) is 0 Å². The Bertz CT molecular complexity index is 373. The molecule has 1 aliphatic rings. The fourth-order valence-corrected chi connectivity index (χ4v) is 1.99. The van der Waals surface area contributed by atoms with E-state index >= 15 is 0 Å². The van der Waals surface area contributed by atoms with Crippen LogP contribution < -0.4 is 0 Å². The second-order valence-corrected chi connectivity index (χ2v) is 5.68. The van der Waals surface area contributed by atoms with Crippen LogP contribution in [0.2, 0.25) is 0 Å². The molecule has 0 heterocycles. The van der Waals surface area contributed by atoms with Crippen LogP contribution in [-0.2, 0) is 0 Å². The zero-order valence-electron chi connectivity index (χ0n) is 16.5. The number of hydrogen-bond acceptors (Lipinski definition) is 1. The van der Waals surface area contributed by atoms with Gasteiger partial charge in [-0.05, 0) is 66.0 Å². The molecule has 1 heteroatoms. The number of nitrogens with zero attached hydrogens (tertiary/aromatic N) is 1. The summed E-state index contributed by atoms with van der Waals surface area (Å²) in [5.41, 5.74) is 4.08. The second kappa shape index (κ2) is 20.5. The molecule has 1 saturated carbocycles. The quantitative estimate of drug-likeness (QED) is 0.291. The molecule has 0 aromatic carbocycles. The van der Waals surface area contributed by atoms with Gasteiger partial charge >= 0.3 is 0 Å². The van der Waals surface area contributed by atoms with Gasteiger partial charge in [-0.1, -0.05) is 50.5 Å². The van der Waals surface area contributed by atoms with Gasteiger partial charge in [0.25, 0.3) is 0 Å². The van der Waals surface area contributed by atoms with Gasteiger partial charge in [-0.3, -0.25) is 4.99 Å². The summed E-state index contributed by atoms with van der Waals surface area (Å²) in [5.74, 6) is 3.19. The molecule has 0 radical (unpaired) electrons. The first-order valence-corrected chi connectivity index (χ1v) is 8.62. The molecule has 0 atom stereocenters. The Kier molecular flexibility index (Phi) is 23.4. The van der Waals surface area contributed by atoms with Crippen LogP contribution >= 0.6 is 0 Å². The summed E-state index contributed by atoms with van der Waals surface area (Å²) in [5, 5.41) is 0. The van der Waals surface area contributed by atoms with Crippen molar-refractivity contribution in [3.05, 3.63) is 36.1 Å². The molecule has 0 aromatic heterocycles. The molecule has 1 fully saturated rings. The standard InChI is InChI=1S/C11H20.C4H7N.C4H8.C3H4/c1-4-9(2)10(3)11-7-5-6-8-11;1-4(2)5-3;1-3-4-2;1-3-2/h11H,4-8H2,1-3H3;1,3H2,2H3;3H,1,4H2,2H3;1H,2H3/b10-9+;;;. The minimum Gasteiger partial charge on any atom is -0.270 e. The number of aliphatic imine (C=N–C) groups is 1. The number of allylic oxidation sites excluding steroid dienone is 4. The summed E-state index contributed by atoms with van der Waals surface area (Å²) in [6, 6.07) is 0. The van der Waals surface area contributed by atoms with Gasteiger partial charge in [-0.2, -0.15) is 0 Å². The van der Waals surface area contributed by atoms with Gasteiger partial charge in [0.2, 0.25) is 0 Å². The predicted octanol–water partition coefficient (Wildman–Crippen LogP) is 7.37. The van der Waals surface area contributed by atoms with Crippen LogP contribution in [0, 0.1) is 18.3 Å². The van der Waals surface area contributed by atoms with Gasteiger partial charge < -0.3 is 0 Å². The Balaban J connectivity index is -0.000000279. The molecule has 1 aliphatic carbocycles. The molecular formula is C22H39N. The molecule has 0 bridgehead atoms. The van der Waals surface area contributed by atoms with E-state index in [0.717, 1.165) is 18.0 Å². The highest BCUT2D eigenvalue weighted by Gasteiger charge is 2.17. The molecule has 0 aliphatic heterocycles. The van der Waals surface area contributed by atoms with E-state index in [1.807, 2.05) is 6.08 Å². The maximum atomic E-state index is 4.60. The van der Waals surface area contributed by atoms with Crippen molar-refractivity contribution in [1.82, 2.24) is 0 Å². The molecule has 1 rings (SSSR count). The van der Waals surface area contributed by atoms with Crippen molar-refractivity contribution in [2.45, 2.75) is 80.1 Å². The molecule has 0 amide bonds. The second-order valence-electron chi connectivity index (χ2n) is 5.68. The lowest BCUT2D eigenvalue weighted by Crippen LogP contribution is -1.97. The maximum absolute atomic E-state index is 4.60. The van der Waals surface area contributed by atoms with E-state index in [-0.39, 0.29) is 0 Å². The van der Waals surface area contributed by atoms with E-state index in [2.05, 4.69) is 64.9 Å². The van der Waals surface area contributed by atoms with Gasteiger partial charge in [0, 0.05) is 5.70 Å². The fraction of sp³-hybridized carbons (Fsp3) is 0.591. The first-order chi connectivity index (χ1) is 10.9. The summed E-state index contributed by atoms with van der Waals surface area (Å²) in [7, 11) is 0. The Morgan fingerprint density at radius 3 is 1.78 bits per heavy atom. The van der Waals surface area contributed by atoms with E-state index in [1.54, 1.807) is 25.0 Å². The molecule has 1 nitrogen and oxygen atoms in total. The van der Waals surface area contributed by atoms with E-state index in [4.69, 9.17) is 0 Å². The van der Waals surface area contributed by atoms with Gasteiger partial charge in [0.15, 0.2) is 0 Å². The SMILES string of the molecule is C#CC.C=CCC.C=NC(=C)C.CC/C(C)=C(\C)C1CCCC1. The third-order valence-corrected chi connectivity index (χ3v) is 3.73. The third kappa shape index (κ3) is 20.4. The summed E-state index contributed by atoms with van der Waals surface area (Å²) in [6.07, 6.45) is 14.6. The molecule has 0 spiro atoms. The number of rotatable bonds is 4. The molecule has 132 valence electrons. The molecule has 0 aromatic rings. The Labute approximate surface area is 146 Å². The van der Waals surface area contributed by atoms with Crippen molar-refractivity contribution in [2.75, 3.05) is 0 Å². The lowest BCUT2D eigenvalue weighted by atomic mass is 9.94. The van der Waals surface area contributed by atoms with Crippen molar-refractivity contribution in [2.24, 2.45) is 10.9 Å². The van der Waals surface area contributed by atoms with E-state index in [1.165, 1.54) is 32.1 Å². The third-order valence-electron chi connectivity index (χ3n) is 3.73. The molecular weight excluding hydrogens is 278 g/mol. The van der Waals surface area contributed by atoms with Crippen LogP contribution in [0.4, 0.5) is 0 Å². The number of terminal acetylenes is 1. The normalized spacial score (nSPS) is 13.4. The first-order valence-electron chi connectivity index (χ1n) is 8.62. The van der Waals surface area contributed by atoms with Crippen LogP contribution in [0.3, 0.4) is 0 Å². The average molecular weight is 318 g/mol. The highest BCUT2D eigenvalue weighted by molar-refractivity contribution is 5.27. The summed E-state index contributed by atoms with van der Waals surface area (Å²) in [4.78, 5) is 3.44. The summed E-state index contributed by atoms with van der Waals surface area (Å²) >= 11 is 0. The van der Waals surface area contributed by atoms with Crippen molar-refractivity contribution in [3.63, 3.8) is 0 Å². The van der Waals surface area contributed by atoms with Gasteiger partial charge in [-0.25, -0.2) is 0 Å². The van der Waals surface area contributed by atoms with Crippen molar-refractivity contribution >= 4 is 6.72 Å². The van der Waals surface area contributed by atoms with E-state index in [9.17, 15) is 0 Å². The predicted molar refractivity (Wildman–Crippen MR) is 110 cm³/mol. The molecule has 23 heavy (non-hydrogen) atoms. The molecule has 0 saturated heterocycles. The summed E-state index contributed by atoms with van der Waals surface area (Å²) in [6.45, 7) is 22.5. The maximum Gasteiger partial charge on any atom is 0.0293 e. The molecule has 0 N–H and O–H groups in total. The average Bonchev–Trinajstić information content (AvgIpc) is 3.09. The largest absolute Gasteiger partial charge is 0.270 e.